The zero-order valence-electron chi connectivity index (χ0n) is 15.2. The summed E-state index contributed by atoms with van der Waals surface area (Å²) >= 11 is 0. The fourth-order valence-electron chi connectivity index (χ4n) is 1.84. The van der Waals surface area contributed by atoms with Crippen molar-refractivity contribution in [2.45, 2.75) is 46.5 Å². The maximum Gasteiger partial charge on any atom is 0.387 e. The Labute approximate surface area is 151 Å². The number of hydrogen-bond donors (Lipinski definition) is 1. The molecule has 0 saturated heterocycles. The minimum Gasteiger partial charge on any atom is -0.454 e. The van der Waals surface area contributed by atoms with E-state index in [0.717, 1.165) is 6.42 Å². The smallest absolute Gasteiger partial charge is 0.387 e. The van der Waals surface area contributed by atoms with Gasteiger partial charge in [-0.1, -0.05) is 26.0 Å². The van der Waals surface area contributed by atoms with Crippen LogP contribution in [0.1, 0.15) is 32.8 Å². The summed E-state index contributed by atoms with van der Waals surface area (Å²) in [6.07, 6.45) is 0.100. The quantitative estimate of drug-likeness (QED) is 0.604. The molecule has 0 aliphatic heterocycles. The first kappa shape index (κ1) is 21.8. The molecular weight excluding hydrogens is 348 g/mol. The largest absolute Gasteiger partial charge is 0.454 e. The van der Waals surface area contributed by atoms with Crippen LogP contribution in [0.25, 0.3) is 0 Å². The lowest BCUT2D eigenvalue weighted by molar-refractivity contribution is -0.159. The van der Waals surface area contributed by atoms with E-state index in [0.29, 0.717) is 18.1 Å². The molecule has 6 nitrogen and oxygen atoms in total. The minimum absolute atomic E-state index is 0.0375. The number of halogens is 2. The molecule has 0 saturated carbocycles. The van der Waals surface area contributed by atoms with E-state index in [-0.39, 0.29) is 12.3 Å². The van der Waals surface area contributed by atoms with Crippen LogP contribution in [0.4, 0.5) is 8.78 Å². The summed E-state index contributed by atoms with van der Waals surface area (Å²) in [5.74, 6) is -0.562. The van der Waals surface area contributed by atoms with Gasteiger partial charge in [0.2, 0.25) is 0 Å². The fourth-order valence-corrected chi connectivity index (χ4v) is 1.84. The number of ether oxygens (including phenoxy) is 3. The molecule has 0 bridgehead atoms. The lowest BCUT2D eigenvalue weighted by atomic mass is 10.1. The van der Waals surface area contributed by atoms with Crippen molar-refractivity contribution >= 4 is 11.9 Å². The molecule has 0 radical (unpaired) electrons. The molecule has 146 valence electrons. The topological polar surface area (TPSA) is 73.9 Å². The van der Waals surface area contributed by atoms with Crippen molar-refractivity contribution in [3.8, 4) is 5.75 Å². The highest BCUT2D eigenvalue weighted by Crippen LogP contribution is 2.14. The first-order valence-corrected chi connectivity index (χ1v) is 8.36. The zero-order chi connectivity index (χ0) is 19.5. The molecule has 0 aromatic heterocycles. The third kappa shape index (κ3) is 9.31. The van der Waals surface area contributed by atoms with Gasteiger partial charge in [-0.05, 0) is 37.0 Å². The van der Waals surface area contributed by atoms with Crippen LogP contribution in [0, 0.1) is 5.92 Å². The van der Waals surface area contributed by atoms with Gasteiger partial charge in [-0.15, -0.1) is 0 Å². The van der Waals surface area contributed by atoms with E-state index in [4.69, 9.17) is 9.47 Å². The van der Waals surface area contributed by atoms with Crippen LogP contribution in [0.5, 0.6) is 5.75 Å². The lowest BCUT2D eigenvalue weighted by Gasteiger charge is -2.13. The van der Waals surface area contributed by atoms with E-state index >= 15 is 0 Å². The lowest BCUT2D eigenvalue weighted by Crippen LogP contribution is -2.31. The summed E-state index contributed by atoms with van der Waals surface area (Å²) < 4.78 is 38.6. The van der Waals surface area contributed by atoms with Crippen LogP contribution in [0.3, 0.4) is 0 Å². The summed E-state index contributed by atoms with van der Waals surface area (Å²) in [6.45, 7) is 3.00. The van der Waals surface area contributed by atoms with Crippen LogP contribution < -0.4 is 10.1 Å². The Bertz CT molecular complexity index is 563. The van der Waals surface area contributed by atoms with Gasteiger partial charge in [-0.25, -0.2) is 4.79 Å². The highest BCUT2D eigenvalue weighted by Gasteiger charge is 2.16. The van der Waals surface area contributed by atoms with Gasteiger partial charge >= 0.3 is 12.6 Å². The average Bonchev–Trinajstić information content (AvgIpc) is 2.58. The first-order valence-electron chi connectivity index (χ1n) is 8.36. The van der Waals surface area contributed by atoms with E-state index < -0.39 is 31.2 Å². The van der Waals surface area contributed by atoms with Gasteiger partial charge in [0.25, 0.3) is 5.91 Å². The highest BCUT2D eigenvalue weighted by atomic mass is 19.3. The van der Waals surface area contributed by atoms with Crippen molar-refractivity contribution in [3.63, 3.8) is 0 Å². The molecule has 1 aromatic carbocycles. The highest BCUT2D eigenvalue weighted by molar-refractivity contribution is 5.81. The standard InChI is InChI=1S/C18H25F2NO5/c1-12(2)8-9-24-13(3)17(23)25-11-16(22)21-10-14-4-6-15(7-5-14)26-18(19)20/h4-7,12-13,18H,8-11H2,1-3H3,(H,21,22). The summed E-state index contributed by atoms with van der Waals surface area (Å²) in [5.41, 5.74) is 0.691. The molecule has 1 unspecified atom stereocenters. The van der Waals surface area contributed by atoms with Crippen LogP contribution >= 0.6 is 0 Å². The Morgan fingerprint density at radius 1 is 1.12 bits per heavy atom. The maximum absolute atomic E-state index is 12.1. The van der Waals surface area contributed by atoms with Crippen molar-refractivity contribution < 1.29 is 32.6 Å². The van der Waals surface area contributed by atoms with Gasteiger partial charge in [0.15, 0.2) is 12.7 Å². The Morgan fingerprint density at radius 2 is 1.77 bits per heavy atom. The molecule has 0 fully saturated rings. The molecule has 26 heavy (non-hydrogen) atoms. The maximum atomic E-state index is 12.1. The molecule has 1 aromatic rings. The van der Waals surface area contributed by atoms with Crippen molar-refractivity contribution in [1.29, 1.82) is 0 Å². The number of esters is 1. The molecule has 8 heteroatoms. The Kier molecular flexibility index (Phi) is 9.57. The number of carbonyl (C=O) groups excluding carboxylic acids is 2. The Balaban J connectivity index is 2.26. The van der Waals surface area contributed by atoms with E-state index in [1.165, 1.54) is 12.1 Å². The molecule has 1 rings (SSSR count). The number of carbonyl (C=O) groups is 2. The van der Waals surface area contributed by atoms with E-state index in [1.807, 2.05) is 0 Å². The first-order chi connectivity index (χ1) is 12.3. The molecule has 0 aliphatic rings. The van der Waals surface area contributed by atoms with Crippen LogP contribution in [-0.4, -0.2) is 37.8 Å². The number of rotatable bonds is 11. The number of benzene rings is 1. The monoisotopic (exact) mass is 373 g/mol. The summed E-state index contributed by atoms with van der Waals surface area (Å²) in [6, 6.07) is 5.86. The van der Waals surface area contributed by atoms with E-state index in [9.17, 15) is 18.4 Å². The Hall–Kier alpha value is -2.22. The number of hydrogen-bond acceptors (Lipinski definition) is 5. The van der Waals surface area contributed by atoms with Gasteiger partial charge in [-0.3, -0.25) is 4.79 Å². The third-order valence-corrected chi connectivity index (χ3v) is 3.38. The number of alkyl halides is 2. The molecule has 1 N–H and O–H groups in total. The van der Waals surface area contributed by atoms with Crippen molar-refractivity contribution in [2.24, 2.45) is 5.92 Å². The summed E-state index contributed by atoms with van der Waals surface area (Å²) in [4.78, 5) is 23.4. The van der Waals surface area contributed by atoms with Gasteiger partial charge < -0.3 is 19.5 Å². The molecule has 1 atom stereocenters. The fraction of sp³-hybridized carbons (Fsp3) is 0.556. The number of nitrogens with one attached hydrogen (secondary N) is 1. The van der Waals surface area contributed by atoms with Gasteiger partial charge in [0.05, 0.1) is 0 Å². The molecular formula is C18H25F2NO5. The summed E-state index contributed by atoms with van der Waals surface area (Å²) in [5, 5.41) is 2.57. The second-order valence-corrected chi connectivity index (χ2v) is 6.10. The van der Waals surface area contributed by atoms with Gasteiger partial charge in [-0.2, -0.15) is 8.78 Å². The van der Waals surface area contributed by atoms with Crippen molar-refractivity contribution in [1.82, 2.24) is 5.32 Å². The van der Waals surface area contributed by atoms with E-state index in [1.54, 1.807) is 19.1 Å². The minimum atomic E-state index is -2.88. The average molecular weight is 373 g/mol. The normalized spacial score (nSPS) is 12.1. The van der Waals surface area contributed by atoms with Crippen LogP contribution in [0.2, 0.25) is 0 Å². The van der Waals surface area contributed by atoms with Crippen molar-refractivity contribution in [2.75, 3.05) is 13.2 Å². The second kappa shape index (κ2) is 11.4. The number of amides is 1. The van der Waals surface area contributed by atoms with Crippen LogP contribution in [0.15, 0.2) is 24.3 Å². The zero-order valence-corrected chi connectivity index (χ0v) is 15.2. The molecule has 0 heterocycles. The third-order valence-electron chi connectivity index (χ3n) is 3.38. The molecule has 0 aliphatic carbocycles. The Morgan fingerprint density at radius 3 is 2.35 bits per heavy atom. The molecule has 0 spiro atoms. The SMILES string of the molecule is CC(C)CCOC(C)C(=O)OCC(=O)NCc1ccc(OC(F)F)cc1. The summed E-state index contributed by atoms with van der Waals surface area (Å²) in [7, 11) is 0. The predicted molar refractivity (Wildman–Crippen MR) is 90.7 cm³/mol. The second-order valence-electron chi connectivity index (χ2n) is 6.10. The van der Waals surface area contributed by atoms with Crippen LogP contribution in [-0.2, 0) is 25.6 Å². The molecule has 1 amide bonds. The van der Waals surface area contributed by atoms with E-state index in [2.05, 4.69) is 23.9 Å². The van der Waals surface area contributed by atoms with Gasteiger partial charge in [0, 0.05) is 13.2 Å². The van der Waals surface area contributed by atoms with Gasteiger partial charge in [0.1, 0.15) is 5.75 Å². The van der Waals surface area contributed by atoms with Crippen molar-refractivity contribution in [3.05, 3.63) is 29.8 Å². The predicted octanol–water partition coefficient (Wildman–Crippen LogP) is 2.90.